The maximum absolute atomic E-state index is 12.6. The summed E-state index contributed by atoms with van der Waals surface area (Å²) < 4.78 is 1.71. The topological polar surface area (TPSA) is 119 Å². The Hall–Kier alpha value is -2.48. The summed E-state index contributed by atoms with van der Waals surface area (Å²) in [5, 5.41) is 16.9. The van der Waals surface area contributed by atoms with Crippen LogP contribution in [-0.4, -0.2) is 36.9 Å². The number of aryl methyl sites for hydroxylation is 3. The van der Waals surface area contributed by atoms with Crippen molar-refractivity contribution in [1.29, 1.82) is 0 Å². The van der Waals surface area contributed by atoms with Crippen molar-refractivity contribution in [3.05, 3.63) is 34.9 Å². The fraction of sp³-hybridized carbons (Fsp3) is 0.529. The molecule has 1 amide bonds. The molecule has 0 aromatic carbocycles. The van der Waals surface area contributed by atoms with E-state index < -0.39 is 0 Å². The largest absolute Gasteiger partial charge is 0.393 e. The number of rotatable bonds is 5. The number of nitrogens with one attached hydrogen (secondary N) is 1. The molecule has 0 saturated heterocycles. The van der Waals surface area contributed by atoms with Gasteiger partial charge in [0, 0.05) is 35.8 Å². The molecule has 2 heterocycles. The van der Waals surface area contributed by atoms with Gasteiger partial charge in [-0.15, -0.1) is 0 Å². The monoisotopic (exact) mass is 344 g/mol. The molecule has 3 rings (SSSR count). The van der Waals surface area contributed by atoms with E-state index in [-0.39, 0.29) is 36.3 Å². The minimum Gasteiger partial charge on any atom is -0.393 e. The highest BCUT2D eigenvalue weighted by atomic mass is 16.3. The standard InChI is InChI=1S/C17H24N6O2/c1-9-14(10(2)21-17(18)20-9)6-15(25)22-16(11-4-13(24)5-11)12-7-19-23(3)8-12/h7-8,11,13,16,24H,4-6H2,1-3H3,(H,22,25)(H2,18,20,21). The molecule has 134 valence electrons. The first-order valence-corrected chi connectivity index (χ1v) is 8.39. The minimum atomic E-state index is -0.281. The number of aromatic nitrogens is 4. The van der Waals surface area contributed by atoms with Crippen LogP contribution in [0, 0.1) is 19.8 Å². The smallest absolute Gasteiger partial charge is 0.225 e. The van der Waals surface area contributed by atoms with Crippen molar-refractivity contribution in [2.24, 2.45) is 13.0 Å². The van der Waals surface area contributed by atoms with Gasteiger partial charge in [-0.2, -0.15) is 5.10 Å². The Morgan fingerprint density at radius 2 is 2.04 bits per heavy atom. The summed E-state index contributed by atoms with van der Waals surface area (Å²) in [6, 6.07) is -0.153. The van der Waals surface area contributed by atoms with E-state index >= 15 is 0 Å². The summed E-state index contributed by atoms with van der Waals surface area (Å²) in [6.07, 6.45) is 4.95. The molecular weight excluding hydrogens is 320 g/mol. The Labute approximate surface area is 146 Å². The number of anilines is 1. The van der Waals surface area contributed by atoms with Gasteiger partial charge in [0.1, 0.15) is 0 Å². The van der Waals surface area contributed by atoms with Crippen LogP contribution in [0.5, 0.6) is 0 Å². The van der Waals surface area contributed by atoms with Gasteiger partial charge in [0.15, 0.2) is 0 Å². The first-order chi connectivity index (χ1) is 11.8. The molecular formula is C17H24N6O2. The molecule has 8 heteroatoms. The summed E-state index contributed by atoms with van der Waals surface area (Å²) in [6.45, 7) is 3.66. The third kappa shape index (κ3) is 3.79. The molecule has 1 fully saturated rings. The molecule has 4 N–H and O–H groups in total. The van der Waals surface area contributed by atoms with Crippen LogP contribution < -0.4 is 11.1 Å². The average molecular weight is 344 g/mol. The maximum Gasteiger partial charge on any atom is 0.225 e. The van der Waals surface area contributed by atoms with Crippen molar-refractivity contribution in [3.63, 3.8) is 0 Å². The summed E-state index contributed by atoms with van der Waals surface area (Å²) in [5.74, 6) is 0.332. The highest BCUT2D eigenvalue weighted by Crippen LogP contribution is 2.38. The molecule has 0 bridgehead atoms. The zero-order valence-corrected chi connectivity index (χ0v) is 14.7. The van der Waals surface area contributed by atoms with Gasteiger partial charge < -0.3 is 16.2 Å². The number of carbonyl (C=O) groups is 1. The lowest BCUT2D eigenvalue weighted by Gasteiger charge is -2.37. The summed E-state index contributed by atoms with van der Waals surface area (Å²) in [4.78, 5) is 20.9. The van der Waals surface area contributed by atoms with Crippen LogP contribution in [0.2, 0.25) is 0 Å². The van der Waals surface area contributed by atoms with Crippen LogP contribution in [-0.2, 0) is 18.3 Å². The summed E-state index contributed by atoms with van der Waals surface area (Å²) >= 11 is 0. The second kappa shape index (κ2) is 6.79. The fourth-order valence-electron chi connectivity index (χ4n) is 3.38. The van der Waals surface area contributed by atoms with E-state index in [1.165, 1.54) is 0 Å². The van der Waals surface area contributed by atoms with E-state index in [0.29, 0.717) is 12.8 Å². The lowest BCUT2D eigenvalue weighted by atomic mass is 9.75. The van der Waals surface area contributed by atoms with Gasteiger partial charge in [-0.05, 0) is 32.6 Å². The Kier molecular flexibility index (Phi) is 4.71. The quantitative estimate of drug-likeness (QED) is 0.730. The first-order valence-electron chi connectivity index (χ1n) is 8.39. The van der Waals surface area contributed by atoms with Gasteiger partial charge in [-0.25, -0.2) is 9.97 Å². The minimum absolute atomic E-state index is 0.102. The third-order valence-electron chi connectivity index (χ3n) is 4.80. The van der Waals surface area contributed by atoms with Crippen LogP contribution in [0.4, 0.5) is 5.95 Å². The number of hydrogen-bond donors (Lipinski definition) is 3. The SMILES string of the molecule is Cc1nc(N)nc(C)c1CC(=O)NC(c1cnn(C)c1)C1CC(O)C1. The van der Waals surface area contributed by atoms with Gasteiger partial charge in [-0.1, -0.05) is 0 Å². The maximum atomic E-state index is 12.6. The van der Waals surface area contributed by atoms with Crippen molar-refractivity contribution in [1.82, 2.24) is 25.1 Å². The number of aliphatic hydroxyl groups excluding tert-OH is 1. The molecule has 1 aliphatic rings. The Morgan fingerprint density at radius 1 is 1.40 bits per heavy atom. The number of hydrogen-bond acceptors (Lipinski definition) is 6. The van der Waals surface area contributed by atoms with Crippen molar-refractivity contribution >= 4 is 11.9 Å². The molecule has 2 aromatic heterocycles. The van der Waals surface area contributed by atoms with E-state index in [4.69, 9.17) is 5.73 Å². The molecule has 0 aliphatic heterocycles. The number of carbonyl (C=O) groups excluding carboxylic acids is 1. The summed E-state index contributed by atoms with van der Waals surface area (Å²) in [7, 11) is 1.84. The molecule has 0 spiro atoms. The predicted molar refractivity (Wildman–Crippen MR) is 92.4 cm³/mol. The molecule has 25 heavy (non-hydrogen) atoms. The van der Waals surface area contributed by atoms with Crippen LogP contribution in [0.3, 0.4) is 0 Å². The molecule has 1 aliphatic carbocycles. The zero-order chi connectivity index (χ0) is 18.1. The van der Waals surface area contributed by atoms with Crippen LogP contribution in [0.25, 0.3) is 0 Å². The molecule has 1 saturated carbocycles. The Morgan fingerprint density at radius 3 is 2.56 bits per heavy atom. The van der Waals surface area contributed by atoms with Crippen molar-refractivity contribution < 1.29 is 9.90 Å². The summed E-state index contributed by atoms with van der Waals surface area (Å²) in [5.41, 5.74) is 8.83. The van der Waals surface area contributed by atoms with Gasteiger partial charge in [0.05, 0.1) is 24.8 Å². The molecule has 1 atom stereocenters. The number of aliphatic hydroxyl groups is 1. The van der Waals surface area contributed by atoms with Gasteiger partial charge in [-0.3, -0.25) is 9.48 Å². The van der Waals surface area contributed by atoms with E-state index in [2.05, 4.69) is 20.4 Å². The van der Waals surface area contributed by atoms with Crippen molar-refractivity contribution in [2.45, 2.75) is 45.3 Å². The molecule has 2 aromatic rings. The van der Waals surface area contributed by atoms with Crippen LogP contribution in [0.1, 0.15) is 41.4 Å². The molecule has 1 unspecified atom stereocenters. The van der Waals surface area contributed by atoms with Gasteiger partial charge in [0.2, 0.25) is 11.9 Å². The zero-order valence-electron chi connectivity index (χ0n) is 14.7. The lowest BCUT2D eigenvalue weighted by Crippen LogP contribution is -2.41. The molecule has 0 radical (unpaired) electrons. The lowest BCUT2D eigenvalue weighted by molar-refractivity contribution is -0.122. The van der Waals surface area contributed by atoms with E-state index in [9.17, 15) is 9.90 Å². The first kappa shape index (κ1) is 17.3. The highest BCUT2D eigenvalue weighted by Gasteiger charge is 2.36. The second-order valence-electron chi connectivity index (χ2n) is 6.79. The van der Waals surface area contributed by atoms with Crippen molar-refractivity contribution in [2.75, 3.05) is 5.73 Å². The average Bonchev–Trinajstić information content (AvgIpc) is 2.92. The normalized spacial score (nSPS) is 20.8. The fourth-order valence-corrected chi connectivity index (χ4v) is 3.38. The van der Waals surface area contributed by atoms with Gasteiger partial charge >= 0.3 is 0 Å². The third-order valence-corrected chi connectivity index (χ3v) is 4.80. The van der Waals surface area contributed by atoms with Crippen LogP contribution in [0.15, 0.2) is 12.4 Å². The van der Waals surface area contributed by atoms with E-state index in [1.807, 2.05) is 27.1 Å². The van der Waals surface area contributed by atoms with Gasteiger partial charge in [0.25, 0.3) is 0 Å². The second-order valence-corrected chi connectivity index (χ2v) is 6.79. The number of nitrogen functional groups attached to an aromatic ring is 1. The Balaban J connectivity index is 1.75. The Bertz CT molecular complexity index is 758. The number of amides is 1. The predicted octanol–water partition coefficient (Wildman–Crippen LogP) is 0.580. The number of nitrogens with zero attached hydrogens (tertiary/aromatic N) is 4. The number of nitrogens with two attached hydrogens (primary N) is 1. The molecule has 8 nitrogen and oxygen atoms in total. The van der Waals surface area contributed by atoms with E-state index in [0.717, 1.165) is 22.5 Å². The van der Waals surface area contributed by atoms with Crippen LogP contribution >= 0.6 is 0 Å². The highest BCUT2D eigenvalue weighted by molar-refractivity contribution is 5.79. The van der Waals surface area contributed by atoms with Crippen molar-refractivity contribution in [3.8, 4) is 0 Å². The van der Waals surface area contributed by atoms with E-state index in [1.54, 1.807) is 10.9 Å².